The zero-order valence-electron chi connectivity index (χ0n) is 10.8. The molecule has 0 saturated heterocycles. The van der Waals surface area contributed by atoms with E-state index in [0.29, 0.717) is 11.6 Å². The van der Waals surface area contributed by atoms with Crippen molar-refractivity contribution < 1.29 is 13.2 Å². The van der Waals surface area contributed by atoms with Gasteiger partial charge < -0.3 is 5.32 Å². The van der Waals surface area contributed by atoms with Crippen LogP contribution in [0.4, 0.5) is 4.79 Å². The topological polar surface area (TPSA) is 108 Å². The van der Waals surface area contributed by atoms with Crippen LogP contribution in [-0.2, 0) is 10.0 Å². The Morgan fingerprint density at radius 2 is 2.05 bits per heavy atom. The first kappa shape index (κ1) is 18.1. The predicted octanol–water partition coefficient (Wildman–Crippen LogP) is 0.638. The number of alkyl halides is 1. The lowest BCUT2D eigenvalue weighted by molar-refractivity contribution is 0.203. The molecule has 0 unspecified atom stereocenters. The number of rotatable bonds is 10. The molecule has 0 aromatic heterocycles. The van der Waals surface area contributed by atoms with Crippen LogP contribution in [0, 0.1) is 4.91 Å². The number of urea groups is 1. The van der Waals surface area contributed by atoms with Crippen molar-refractivity contribution in [2.75, 3.05) is 31.3 Å². The summed E-state index contributed by atoms with van der Waals surface area (Å²) in [6.07, 6.45) is 1.64. The van der Waals surface area contributed by atoms with Crippen LogP contribution in [0.15, 0.2) is 5.29 Å². The van der Waals surface area contributed by atoms with Crippen molar-refractivity contribution in [1.82, 2.24) is 15.0 Å². The molecular weight excluding hydrogens is 296 g/mol. The third-order valence-electron chi connectivity index (χ3n) is 2.13. The molecule has 0 radical (unpaired) electrons. The third kappa shape index (κ3) is 8.73. The number of hydrogen-bond donors (Lipinski definition) is 2. The van der Waals surface area contributed by atoms with E-state index >= 15 is 0 Å². The molecule has 2 amide bonds. The molecule has 112 valence electrons. The van der Waals surface area contributed by atoms with Crippen molar-refractivity contribution in [3.05, 3.63) is 4.91 Å². The van der Waals surface area contributed by atoms with Crippen LogP contribution >= 0.6 is 11.6 Å². The molecule has 0 aromatic carbocycles. The van der Waals surface area contributed by atoms with E-state index in [0.717, 1.165) is 12.8 Å². The highest BCUT2D eigenvalue weighted by atomic mass is 35.5. The number of amides is 2. The van der Waals surface area contributed by atoms with Crippen LogP contribution in [-0.4, -0.2) is 50.7 Å². The summed E-state index contributed by atoms with van der Waals surface area (Å²) in [6.45, 7) is 2.19. The Hall–Kier alpha value is -0.930. The van der Waals surface area contributed by atoms with E-state index in [1.54, 1.807) is 0 Å². The highest BCUT2D eigenvalue weighted by Gasteiger charge is 2.14. The number of unbranched alkanes of at least 4 members (excludes halogenated alkanes) is 1. The van der Waals surface area contributed by atoms with Gasteiger partial charge in [-0.05, 0) is 6.42 Å². The summed E-state index contributed by atoms with van der Waals surface area (Å²) in [4.78, 5) is 21.7. The summed E-state index contributed by atoms with van der Waals surface area (Å²) in [6, 6.07) is -0.764. The number of halogens is 1. The van der Waals surface area contributed by atoms with Crippen molar-refractivity contribution in [1.29, 1.82) is 0 Å². The maximum atomic E-state index is 11.5. The number of carbonyl (C=O) groups excluding carboxylic acids is 1. The smallest absolute Gasteiger partial charge is 0.335 e. The van der Waals surface area contributed by atoms with Crippen molar-refractivity contribution in [3.8, 4) is 0 Å². The Bertz CT molecular complexity index is 376. The van der Waals surface area contributed by atoms with Crippen molar-refractivity contribution in [2.24, 2.45) is 5.29 Å². The first-order valence-corrected chi connectivity index (χ1v) is 8.07. The second kappa shape index (κ2) is 9.93. The molecule has 0 atom stereocenters. The molecule has 2 N–H and O–H groups in total. The second-order valence-corrected chi connectivity index (χ2v) is 6.00. The van der Waals surface area contributed by atoms with Gasteiger partial charge in [0.25, 0.3) is 0 Å². The monoisotopic (exact) mass is 314 g/mol. The number of nitroso groups, excluding NO2 is 1. The van der Waals surface area contributed by atoms with Crippen LogP contribution in [0.25, 0.3) is 0 Å². The van der Waals surface area contributed by atoms with Crippen LogP contribution in [0.1, 0.15) is 19.8 Å². The molecule has 0 aromatic rings. The predicted molar refractivity (Wildman–Crippen MR) is 73.3 cm³/mol. The first-order valence-electron chi connectivity index (χ1n) is 5.88. The fourth-order valence-electron chi connectivity index (χ4n) is 1.12. The summed E-state index contributed by atoms with van der Waals surface area (Å²) in [7, 11) is -3.41. The van der Waals surface area contributed by atoms with Crippen molar-refractivity contribution in [3.63, 3.8) is 0 Å². The van der Waals surface area contributed by atoms with E-state index in [2.05, 4.69) is 15.3 Å². The van der Waals surface area contributed by atoms with E-state index in [1.165, 1.54) is 0 Å². The average molecular weight is 315 g/mol. The van der Waals surface area contributed by atoms with Gasteiger partial charge in [0.05, 0.1) is 17.6 Å². The summed E-state index contributed by atoms with van der Waals surface area (Å²) < 4.78 is 25.3. The minimum atomic E-state index is -3.41. The van der Waals surface area contributed by atoms with Crippen molar-refractivity contribution >= 4 is 27.7 Å². The Balaban J connectivity index is 4.00. The largest absolute Gasteiger partial charge is 0.340 e. The van der Waals surface area contributed by atoms with Gasteiger partial charge in [0.15, 0.2) is 0 Å². The first-order chi connectivity index (χ1) is 8.96. The van der Waals surface area contributed by atoms with Gasteiger partial charge in [0.1, 0.15) is 0 Å². The number of sulfonamides is 1. The molecule has 10 heteroatoms. The molecule has 19 heavy (non-hydrogen) atoms. The Morgan fingerprint density at radius 1 is 1.37 bits per heavy atom. The fraction of sp³-hybridized carbons (Fsp3) is 0.889. The molecule has 0 saturated carbocycles. The number of nitrogens with one attached hydrogen (secondary N) is 2. The maximum absolute atomic E-state index is 11.5. The Labute approximate surface area is 117 Å². The molecule has 0 aliphatic rings. The van der Waals surface area contributed by atoms with E-state index in [4.69, 9.17) is 11.6 Å². The van der Waals surface area contributed by atoms with Gasteiger partial charge in [-0.25, -0.2) is 17.9 Å². The van der Waals surface area contributed by atoms with Gasteiger partial charge in [0.2, 0.25) is 10.0 Å². The number of nitrogens with zero attached hydrogens (tertiary/aromatic N) is 2. The van der Waals surface area contributed by atoms with Crippen LogP contribution in [0.3, 0.4) is 0 Å². The molecule has 8 nitrogen and oxygen atoms in total. The van der Waals surface area contributed by atoms with Gasteiger partial charge >= 0.3 is 6.03 Å². The second-order valence-electron chi connectivity index (χ2n) is 3.69. The average Bonchev–Trinajstić information content (AvgIpc) is 2.35. The number of hydrogen-bond acceptors (Lipinski definition) is 5. The molecule has 0 aliphatic heterocycles. The zero-order valence-corrected chi connectivity index (χ0v) is 12.3. The zero-order chi connectivity index (χ0) is 14.7. The summed E-state index contributed by atoms with van der Waals surface area (Å²) in [5.74, 6) is -0.188. The lowest BCUT2D eigenvalue weighted by Crippen LogP contribution is -2.41. The van der Waals surface area contributed by atoms with E-state index < -0.39 is 16.1 Å². The van der Waals surface area contributed by atoms with Gasteiger partial charge in [-0.15, -0.1) is 16.5 Å². The Morgan fingerprint density at radius 3 is 2.58 bits per heavy atom. The van der Waals surface area contributed by atoms with Gasteiger partial charge in [-0.2, -0.15) is 5.01 Å². The van der Waals surface area contributed by atoms with E-state index in [9.17, 15) is 18.1 Å². The quantitative estimate of drug-likeness (QED) is 0.267. The molecular formula is C9H19ClN4O4S. The molecule has 0 bridgehead atoms. The summed E-state index contributed by atoms with van der Waals surface area (Å²) in [5.41, 5.74) is 0. The van der Waals surface area contributed by atoms with Crippen LogP contribution in [0.5, 0.6) is 0 Å². The SMILES string of the molecule is CCCCNS(=O)(=O)CCNC(=O)N(CCCl)N=O. The fourth-order valence-corrected chi connectivity index (χ4v) is 2.25. The minimum absolute atomic E-state index is 0.0294. The van der Waals surface area contributed by atoms with E-state index in [1.807, 2.05) is 6.92 Å². The van der Waals surface area contributed by atoms with Gasteiger partial charge in [-0.3, -0.25) is 0 Å². The lowest BCUT2D eigenvalue weighted by atomic mass is 10.3. The molecule has 0 rings (SSSR count). The molecule has 0 aliphatic carbocycles. The lowest BCUT2D eigenvalue weighted by Gasteiger charge is -2.13. The number of carbonyl (C=O) groups is 1. The highest BCUT2D eigenvalue weighted by Crippen LogP contribution is 1.92. The van der Waals surface area contributed by atoms with Crippen molar-refractivity contribution in [2.45, 2.75) is 19.8 Å². The summed E-state index contributed by atoms with van der Waals surface area (Å²) in [5, 5.41) is 5.36. The highest BCUT2D eigenvalue weighted by molar-refractivity contribution is 7.89. The standard InChI is InChI=1S/C9H19ClN4O4S/c1-2-3-5-12-19(17,18)8-6-11-9(15)14(13-16)7-4-10/h12H,2-8H2,1H3,(H,11,15). The Kier molecular flexibility index (Phi) is 9.44. The molecule has 0 spiro atoms. The third-order valence-corrected chi connectivity index (χ3v) is 3.68. The van der Waals surface area contributed by atoms with E-state index in [-0.39, 0.29) is 24.7 Å². The molecule has 0 fully saturated rings. The molecule has 0 heterocycles. The minimum Gasteiger partial charge on any atom is -0.335 e. The maximum Gasteiger partial charge on any atom is 0.340 e. The van der Waals surface area contributed by atoms with Crippen LogP contribution in [0.2, 0.25) is 0 Å². The van der Waals surface area contributed by atoms with Crippen LogP contribution < -0.4 is 10.0 Å². The van der Waals surface area contributed by atoms with Gasteiger partial charge in [-0.1, -0.05) is 13.3 Å². The summed E-state index contributed by atoms with van der Waals surface area (Å²) >= 11 is 5.37. The normalized spacial score (nSPS) is 11.1. The van der Waals surface area contributed by atoms with Gasteiger partial charge in [0, 0.05) is 19.0 Å².